The van der Waals surface area contributed by atoms with Crippen LogP contribution in [0.4, 0.5) is 4.39 Å². The van der Waals surface area contributed by atoms with Crippen LogP contribution in [0.5, 0.6) is 0 Å². The normalized spacial score (nSPS) is 18.8. The SMILES string of the molecule is CC1=CCCC(C)(C)C1/C=C/c1cc(-c2ccc(F)cc2)n(-c2ccccc2)n1. The molecule has 29 heavy (non-hydrogen) atoms. The molecule has 0 spiro atoms. The number of rotatable bonds is 4. The van der Waals surface area contributed by atoms with Crippen LogP contribution in [0.2, 0.25) is 0 Å². The number of hydrogen-bond acceptors (Lipinski definition) is 1. The Labute approximate surface area is 172 Å². The quantitative estimate of drug-likeness (QED) is 0.438. The molecule has 3 aromatic rings. The Kier molecular flexibility index (Phi) is 5.23. The van der Waals surface area contributed by atoms with Gasteiger partial charge in [-0.1, -0.05) is 49.8 Å². The van der Waals surface area contributed by atoms with Gasteiger partial charge in [0.15, 0.2) is 0 Å². The topological polar surface area (TPSA) is 17.8 Å². The predicted octanol–water partition coefficient (Wildman–Crippen LogP) is 7.07. The smallest absolute Gasteiger partial charge is 0.123 e. The molecule has 1 unspecified atom stereocenters. The zero-order chi connectivity index (χ0) is 20.4. The largest absolute Gasteiger partial charge is 0.233 e. The molecular formula is C26H27FN2. The third-order valence-electron chi connectivity index (χ3n) is 5.92. The molecule has 0 amide bonds. The maximum atomic E-state index is 13.4. The average Bonchev–Trinajstić information content (AvgIpc) is 3.12. The summed E-state index contributed by atoms with van der Waals surface area (Å²) >= 11 is 0. The summed E-state index contributed by atoms with van der Waals surface area (Å²) < 4.78 is 15.4. The minimum absolute atomic E-state index is 0.235. The Morgan fingerprint density at radius 2 is 1.79 bits per heavy atom. The molecular weight excluding hydrogens is 359 g/mol. The zero-order valence-corrected chi connectivity index (χ0v) is 17.3. The zero-order valence-electron chi connectivity index (χ0n) is 17.3. The Balaban J connectivity index is 1.74. The predicted molar refractivity (Wildman–Crippen MR) is 118 cm³/mol. The molecule has 2 nitrogen and oxygen atoms in total. The van der Waals surface area contributed by atoms with Crippen LogP contribution in [-0.2, 0) is 0 Å². The second-order valence-electron chi connectivity index (χ2n) is 8.52. The summed E-state index contributed by atoms with van der Waals surface area (Å²) in [7, 11) is 0. The highest BCUT2D eigenvalue weighted by Gasteiger charge is 2.30. The standard InChI is InChI=1S/C26H27FN2/c1-19-8-7-17-26(2,3)24(19)16-15-22-18-25(20-11-13-21(27)14-12-20)29(28-22)23-9-5-4-6-10-23/h4-6,8-16,18,24H,7,17H2,1-3H3/b16-15+. The van der Waals surface area contributed by atoms with E-state index in [1.165, 1.54) is 24.1 Å². The molecule has 0 saturated heterocycles. The monoisotopic (exact) mass is 386 g/mol. The Morgan fingerprint density at radius 3 is 2.48 bits per heavy atom. The first kappa shape index (κ1) is 19.4. The van der Waals surface area contributed by atoms with Gasteiger partial charge in [-0.3, -0.25) is 0 Å². The highest BCUT2D eigenvalue weighted by atomic mass is 19.1. The van der Waals surface area contributed by atoms with Crippen LogP contribution in [0.25, 0.3) is 23.0 Å². The molecule has 1 atom stereocenters. The van der Waals surface area contributed by atoms with Crippen molar-refractivity contribution in [3.8, 4) is 16.9 Å². The van der Waals surface area contributed by atoms with Crippen molar-refractivity contribution in [3.63, 3.8) is 0 Å². The molecule has 0 N–H and O–H groups in total. The van der Waals surface area contributed by atoms with Crippen LogP contribution >= 0.6 is 0 Å². The number of allylic oxidation sites excluding steroid dienone is 3. The van der Waals surface area contributed by atoms with Crippen molar-refractivity contribution >= 4 is 6.08 Å². The van der Waals surface area contributed by atoms with E-state index in [1.807, 2.05) is 35.0 Å². The van der Waals surface area contributed by atoms with Crippen molar-refractivity contribution in [2.45, 2.75) is 33.6 Å². The van der Waals surface area contributed by atoms with Gasteiger partial charge in [-0.25, -0.2) is 9.07 Å². The fourth-order valence-corrected chi connectivity index (χ4v) is 4.25. The Bertz CT molecular complexity index is 1040. The summed E-state index contributed by atoms with van der Waals surface area (Å²) in [4.78, 5) is 0. The van der Waals surface area contributed by atoms with Crippen molar-refractivity contribution in [2.24, 2.45) is 11.3 Å². The van der Waals surface area contributed by atoms with Gasteiger partial charge >= 0.3 is 0 Å². The van der Waals surface area contributed by atoms with E-state index in [4.69, 9.17) is 5.10 Å². The molecule has 148 valence electrons. The maximum absolute atomic E-state index is 13.4. The fraction of sp³-hybridized carbons (Fsp3) is 0.269. The third kappa shape index (κ3) is 4.09. The van der Waals surface area contributed by atoms with Crippen LogP contribution < -0.4 is 0 Å². The van der Waals surface area contributed by atoms with Gasteiger partial charge in [0.1, 0.15) is 5.82 Å². The molecule has 0 saturated carbocycles. The minimum atomic E-state index is -0.235. The average molecular weight is 387 g/mol. The van der Waals surface area contributed by atoms with Crippen LogP contribution in [-0.4, -0.2) is 9.78 Å². The first-order chi connectivity index (χ1) is 13.9. The van der Waals surface area contributed by atoms with E-state index >= 15 is 0 Å². The molecule has 4 rings (SSSR count). The number of halogens is 1. The summed E-state index contributed by atoms with van der Waals surface area (Å²) in [5.74, 6) is 0.175. The van der Waals surface area contributed by atoms with E-state index in [0.29, 0.717) is 5.92 Å². The first-order valence-electron chi connectivity index (χ1n) is 10.2. The molecule has 2 aromatic carbocycles. The molecule has 0 radical (unpaired) electrons. The lowest BCUT2D eigenvalue weighted by atomic mass is 9.68. The summed E-state index contributed by atoms with van der Waals surface area (Å²) in [5.41, 5.74) is 5.46. The third-order valence-corrected chi connectivity index (χ3v) is 5.92. The van der Waals surface area contributed by atoms with Crippen molar-refractivity contribution < 1.29 is 4.39 Å². The number of benzene rings is 2. The van der Waals surface area contributed by atoms with E-state index < -0.39 is 0 Å². The number of aromatic nitrogens is 2. The van der Waals surface area contributed by atoms with E-state index in [1.54, 1.807) is 12.1 Å². The van der Waals surface area contributed by atoms with Crippen molar-refractivity contribution in [1.82, 2.24) is 9.78 Å². The van der Waals surface area contributed by atoms with E-state index in [2.05, 4.69) is 45.1 Å². The highest BCUT2D eigenvalue weighted by Crippen LogP contribution is 2.42. The van der Waals surface area contributed by atoms with Crippen molar-refractivity contribution in [2.75, 3.05) is 0 Å². The lowest BCUT2D eigenvalue weighted by Crippen LogP contribution is -2.26. The molecule has 0 bridgehead atoms. The van der Waals surface area contributed by atoms with Crippen molar-refractivity contribution in [1.29, 1.82) is 0 Å². The summed E-state index contributed by atoms with van der Waals surface area (Å²) in [6, 6.07) is 18.7. The van der Waals surface area contributed by atoms with Crippen LogP contribution in [0.3, 0.4) is 0 Å². The highest BCUT2D eigenvalue weighted by molar-refractivity contribution is 5.65. The molecule has 1 heterocycles. The van der Waals surface area contributed by atoms with Gasteiger partial charge in [0.05, 0.1) is 17.1 Å². The minimum Gasteiger partial charge on any atom is -0.233 e. The number of nitrogens with zero attached hydrogens (tertiary/aromatic N) is 2. The Hall–Kier alpha value is -2.94. The summed E-state index contributed by atoms with van der Waals surface area (Å²) in [6.07, 6.45) is 9.12. The molecule has 3 heteroatoms. The van der Waals surface area contributed by atoms with Gasteiger partial charge in [0.2, 0.25) is 0 Å². The van der Waals surface area contributed by atoms with Crippen molar-refractivity contribution in [3.05, 3.63) is 89.9 Å². The first-order valence-corrected chi connectivity index (χ1v) is 10.2. The van der Waals surface area contributed by atoms with E-state index in [0.717, 1.165) is 29.1 Å². The molecule has 0 aliphatic heterocycles. The van der Waals surface area contributed by atoms with Gasteiger partial charge in [-0.15, -0.1) is 0 Å². The second kappa shape index (κ2) is 7.82. The van der Waals surface area contributed by atoms with Gasteiger partial charge in [-0.05, 0) is 73.7 Å². The molecule has 1 aliphatic carbocycles. The van der Waals surface area contributed by atoms with Gasteiger partial charge < -0.3 is 0 Å². The maximum Gasteiger partial charge on any atom is 0.123 e. The van der Waals surface area contributed by atoms with Crippen LogP contribution in [0.1, 0.15) is 39.3 Å². The lowest BCUT2D eigenvalue weighted by molar-refractivity contribution is 0.256. The fourth-order valence-electron chi connectivity index (χ4n) is 4.25. The van der Waals surface area contributed by atoms with Gasteiger partial charge in [0.25, 0.3) is 0 Å². The number of para-hydroxylation sites is 1. The van der Waals surface area contributed by atoms with Crippen LogP contribution in [0, 0.1) is 17.2 Å². The van der Waals surface area contributed by atoms with E-state index in [-0.39, 0.29) is 11.2 Å². The van der Waals surface area contributed by atoms with E-state index in [9.17, 15) is 4.39 Å². The second-order valence-corrected chi connectivity index (χ2v) is 8.52. The van der Waals surface area contributed by atoms with Gasteiger partial charge in [-0.2, -0.15) is 5.10 Å². The molecule has 1 aromatic heterocycles. The molecule has 0 fully saturated rings. The lowest BCUT2D eigenvalue weighted by Gasteiger charge is -2.36. The van der Waals surface area contributed by atoms with Crippen LogP contribution in [0.15, 0.2) is 78.4 Å². The van der Waals surface area contributed by atoms with Gasteiger partial charge in [0, 0.05) is 11.5 Å². The number of hydrogen-bond donors (Lipinski definition) is 0. The molecule has 1 aliphatic rings. The summed E-state index contributed by atoms with van der Waals surface area (Å²) in [6.45, 7) is 6.90. The summed E-state index contributed by atoms with van der Waals surface area (Å²) in [5, 5.41) is 4.85. The Morgan fingerprint density at radius 1 is 1.07 bits per heavy atom.